The lowest BCUT2D eigenvalue weighted by Crippen LogP contribution is -2.18. The Morgan fingerprint density at radius 3 is 2.88 bits per heavy atom. The molecule has 16 heavy (non-hydrogen) atoms. The number of hydrogen-bond acceptors (Lipinski definition) is 6. The van der Waals surface area contributed by atoms with Gasteiger partial charge in [-0.15, -0.1) is 0 Å². The Labute approximate surface area is 99.1 Å². The van der Waals surface area contributed by atoms with Crippen molar-refractivity contribution in [2.24, 2.45) is 0 Å². The average Bonchev–Trinajstić information content (AvgIpc) is 2.23. The van der Waals surface area contributed by atoms with Crippen LogP contribution in [0.2, 0.25) is 5.28 Å². The number of nitrogens with zero attached hydrogens (tertiary/aromatic N) is 2. The molecule has 0 aliphatic heterocycles. The smallest absolute Gasteiger partial charge is 0.224 e. The number of nitrogens with two attached hydrogens (primary N) is 1. The Balaban J connectivity index is 2.59. The Morgan fingerprint density at radius 2 is 2.25 bits per heavy atom. The molecular formula is C8H13ClN4O2S. The van der Waals surface area contributed by atoms with Crippen molar-refractivity contribution in [3.63, 3.8) is 0 Å². The molecule has 0 fully saturated rings. The van der Waals surface area contributed by atoms with Gasteiger partial charge >= 0.3 is 0 Å². The molecule has 0 unspecified atom stereocenters. The van der Waals surface area contributed by atoms with E-state index in [0.717, 1.165) is 0 Å². The summed E-state index contributed by atoms with van der Waals surface area (Å²) >= 11 is 5.58. The first-order valence-corrected chi connectivity index (χ1v) is 6.87. The molecule has 6 nitrogen and oxygen atoms in total. The van der Waals surface area contributed by atoms with E-state index in [-0.39, 0.29) is 23.3 Å². The molecule has 3 N–H and O–H groups in total. The van der Waals surface area contributed by atoms with Crippen LogP contribution in [0.1, 0.15) is 6.92 Å². The highest BCUT2D eigenvalue weighted by Crippen LogP contribution is 2.15. The SMILES string of the molecule is CCS(=O)(=O)CCNc1nc(Cl)ncc1N. The molecule has 0 radical (unpaired) electrons. The molecule has 0 saturated heterocycles. The topological polar surface area (TPSA) is 98.0 Å². The zero-order valence-electron chi connectivity index (χ0n) is 8.77. The van der Waals surface area contributed by atoms with Crippen LogP contribution in [0.4, 0.5) is 11.5 Å². The molecule has 90 valence electrons. The number of anilines is 2. The summed E-state index contributed by atoms with van der Waals surface area (Å²) in [6, 6.07) is 0. The van der Waals surface area contributed by atoms with Crippen molar-refractivity contribution in [1.82, 2.24) is 9.97 Å². The fourth-order valence-corrected chi connectivity index (χ4v) is 1.82. The first-order chi connectivity index (χ1) is 7.44. The molecule has 1 aromatic heterocycles. The van der Waals surface area contributed by atoms with Crippen LogP contribution in [0.5, 0.6) is 0 Å². The lowest BCUT2D eigenvalue weighted by molar-refractivity contribution is 0.597. The van der Waals surface area contributed by atoms with Crippen molar-refractivity contribution >= 4 is 32.9 Å². The first-order valence-electron chi connectivity index (χ1n) is 4.67. The van der Waals surface area contributed by atoms with Crippen LogP contribution in [-0.4, -0.2) is 36.4 Å². The van der Waals surface area contributed by atoms with Gasteiger partial charge in [0, 0.05) is 12.3 Å². The number of rotatable bonds is 5. The number of nitrogen functional groups attached to an aromatic ring is 1. The van der Waals surface area contributed by atoms with Crippen molar-refractivity contribution in [1.29, 1.82) is 0 Å². The van der Waals surface area contributed by atoms with Gasteiger partial charge in [0.1, 0.15) is 0 Å². The Bertz CT molecular complexity index is 463. The summed E-state index contributed by atoms with van der Waals surface area (Å²) < 4.78 is 22.4. The fraction of sp³-hybridized carbons (Fsp3) is 0.500. The molecule has 1 heterocycles. The summed E-state index contributed by atoms with van der Waals surface area (Å²) in [6.45, 7) is 1.85. The molecule has 0 aromatic carbocycles. The minimum Gasteiger partial charge on any atom is -0.394 e. The van der Waals surface area contributed by atoms with Crippen molar-refractivity contribution in [2.75, 3.05) is 29.1 Å². The highest BCUT2D eigenvalue weighted by molar-refractivity contribution is 7.91. The first kappa shape index (κ1) is 13.0. The van der Waals surface area contributed by atoms with E-state index in [1.54, 1.807) is 6.92 Å². The fourth-order valence-electron chi connectivity index (χ4n) is 0.980. The highest BCUT2D eigenvalue weighted by atomic mass is 35.5. The molecule has 0 aliphatic carbocycles. The molecule has 0 aliphatic rings. The summed E-state index contributed by atoms with van der Waals surface area (Å²) in [4.78, 5) is 7.52. The van der Waals surface area contributed by atoms with Gasteiger partial charge in [-0.25, -0.2) is 13.4 Å². The van der Waals surface area contributed by atoms with Gasteiger partial charge in [-0.3, -0.25) is 0 Å². The highest BCUT2D eigenvalue weighted by Gasteiger charge is 2.08. The summed E-state index contributed by atoms with van der Waals surface area (Å²) in [5.74, 6) is 0.505. The van der Waals surface area contributed by atoms with Gasteiger partial charge in [0.05, 0.1) is 17.6 Å². The predicted octanol–water partition coefficient (Wildman–Crippen LogP) is 0.559. The molecule has 0 saturated carbocycles. The van der Waals surface area contributed by atoms with Crippen molar-refractivity contribution in [3.8, 4) is 0 Å². The van der Waals surface area contributed by atoms with E-state index in [0.29, 0.717) is 11.5 Å². The van der Waals surface area contributed by atoms with E-state index in [4.69, 9.17) is 17.3 Å². The lowest BCUT2D eigenvalue weighted by Gasteiger charge is -2.07. The summed E-state index contributed by atoms with van der Waals surface area (Å²) in [5.41, 5.74) is 5.91. The number of halogens is 1. The van der Waals surface area contributed by atoms with Crippen LogP contribution >= 0.6 is 11.6 Å². The van der Waals surface area contributed by atoms with E-state index >= 15 is 0 Å². The van der Waals surface area contributed by atoms with Crippen LogP contribution < -0.4 is 11.1 Å². The largest absolute Gasteiger partial charge is 0.394 e. The number of hydrogen-bond donors (Lipinski definition) is 2. The molecule has 0 amide bonds. The quantitative estimate of drug-likeness (QED) is 0.754. The van der Waals surface area contributed by atoms with E-state index in [1.165, 1.54) is 6.20 Å². The van der Waals surface area contributed by atoms with Gasteiger partial charge in [-0.05, 0) is 11.6 Å². The molecule has 8 heteroatoms. The number of aromatic nitrogens is 2. The van der Waals surface area contributed by atoms with Gasteiger partial charge < -0.3 is 11.1 Å². The van der Waals surface area contributed by atoms with Gasteiger partial charge in [-0.2, -0.15) is 4.98 Å². The molecule has 0 atom stereocenters. The van der Waals surface area contributed by atoms with Crippen LogP contribution in [0.25, 0.3) is 0 Å². The number of nitrogens with one attached hydrogen (secondary N) is 1. The van der Waals surface area contributed by atoms with Crippen LogP contribution in [-0.2, 0) is 9.84 Å². The second-order valence-electron chi connectivity index (χ2n) is 3.11. The van der Waals surface area contributed by atoms with Gasteiger partial charge in [0.25, 0.3) is 0 Å². The minimum atomic E-state index is -2.99. The Kier molecular flexibility index (Phi) is 4.31. The van der Waals surface area contributed by atoms with E-state index in [2.05, 4.69) is 15.3 Å². The molecular weight excluding hydrogens is 252 g/mol. The molecule has 0 spiro atoms. The molecule has 1 aromatic rings. The standard InChI is InChI=1S/C8H13ClN4O2S/c1-2-16(14,15)4-3-11-7-6(10)5-12-8(9)13-7/h5H,2-4,10H2,1H3,(H,11,12,13). The van der Waals surface area contributed by atoms with Crippen LogP contribution in [0.15, 0.2) is 6.20 Å². The summed E-state index contributed by atoms with van der Waals surface area (Å²) in [5, 5.41) is 2.87. The van der Waals surface area contributed by atoms with E-state index in [1.807, 2.05) is 0 Å². The maximum atomic E-state index is 11.2. The second kappa shape index (κ2) is 5.31. The van der Waals surface area contributed by atoms with Crippen LogP contribution in [0.3, 0.4) is 0 Å². The van der Waals surface area contributed by atoms with Crippen molar-refractivity contribution < 1.29 is 8.42 Å². The Hall–Kier alpha value is -1.08. The lowest BCUT2D eigenvalue weighted by atomic mass is 10.5. The third kappa shape index (κ3) is 3.82. The average molecular weight is 265 g/mol. The third-order valence-electron chi connectivity index (χ3n) is 1.93. The summed E-state index contributed by atoms with van der Waals surface area (Å²) in [6.07, 6.45) is 1.37. The third-order valence-corrected chi connectivity index (χ3v) is 3.82. The maximum absolute atomic E-state index is 11.2. The number of sulfone groups is 1. The molecule has 1 rings (SSSR count). The Morgan fingerprint density at radius 1 is 1.56 bits per heavy atom. The molecule has 0 bridgehead atoms. The minimum absolute atomic E-state index is 0.0323. The maximum Gasteiger partial charge on any atom is 0.224 e. The van der Waals surface area contributed by atoms with Gasteiger partial charge in [-0.1, -0.05) is 6.92 Å². The predicted molar refractivity (Wildman–Crippen MR) is 64.3 cm³/mol. The van der Waals surface area contributed by atoms with E-state index < -0.39 is 9.84 Å². The zero-order valence-corrected chi connectivity index (χ0v) is 10.3. The van der Waals surface area contributed by atoms with E-state index in [9.17, 15) is 8.42 Å². The zero-order chi connectivity index (χ0) is 12.2. The summed E-state index contributed by atoms with van der Waals surface area (Å²) in [7, 11) is -2.99. The second-order valence-corrected chi connectivity index (χ2v) is 5.92. The van der Waals surface area contributed by atoms with Gasteiger partial charge in [0.2, 0.25) is 5.28 Å². The monoisotopic (exact) mass is 264 g/mol. The van der Waals surface area contributed by atoms with Gasteiger partial charge in [0.15, 0.2) is 15.7 Å². The normalized spacial score (nSPS) is 11.4. The van der Waals surface area contributed by atoms with Crippen LogP contribution in [0, 0.1) is 0 Å². The van der Waals surface area contributed by atoms with Crippen molar-refractivity contribution in [3.05, 3.63) is 11.5 Å². The van der Waals surface area contributed by atoms with Crippen molar-refractivity contribution in [2.45, 2.75) is 6.92 Å².